The quantitative estimate of drug-likeness (QED) is 0.933. The maximum atomic E-state index is 13.0. The van der Waals surface area contributed by atoms with Crippen LogP contribution in [0.1, 0.15) is 49.6 Å². The molecule has 1 aromatic heterocycles. The Balaban J connectivity index is 1.49. The van der Waals surface area contributed by atoms with Gasteiger partial charge >= 0.3 is 0 Å². The lowest BCUT2D eigenvalue weighted by atomic mass is 9.92. The van der Waals surface area contributed by atoms with Gasteiger partial charge in [0, 0.05) is 36.1 Å². The molecule has 0 saturated carbocycles. The minimum atomic E-state index is -0.202. The van der Waals surface area contributed by atoms with E-state index in [4.69, 9.17) is 0 Å². The summed E-state index contributed by atoms with van der Waals surface area (Å²) < 4.78 is 2.09. The zero-order valence-corrected chi connectivity index (χ0v) is 15.0. The second kappa shape index (κ2) is 6.64. The van der Waals surface area contributed by atoms with Crippen LogP contribution in [0.2, 0.25) is 0 Å². The van der Waals surface area contributed by atoms with Crippen molar-refractivity contribution in [3.05, 3.63) is 47.3 Å². The first kappa shape index (κ1) is 16.3. The summed E-state index contributed by atoms with van der Waals surface area (Å²) >= 11 is 0. The van der Waals surface area contributed by atoms with Crippen LogP contribution in [0, 0.1) is 0 Å². The number of hydrogen-bond acceptors (Lipinski definition) is 3. The molecule has 2 unspecified atom stereocenters. The van der Waals surface area contributed by atoms with Gasteiger partial charge in [-0.15, -0.1) is 0 Å². The molecule has 2 heterocycles. The molecule has 1 aromatic carbocycles. The molecule has 132 valence electrons. The fraction of sp³-hybridized carbons (Fsp3) is 0.500. The van der Waals surface area contributed by atoms with Gasteiger partial charge in [0.05, 0.1) is 12.2 Å². The number of carbonyl (C=O) groups excluding carboxylic acids is 1. The van der Waals surface area contributed by atoms with E-state index in [1.807, 2.05) is 30.2 Å². The number of carbonyl (C=O) groups is 1. The molecule has 2 atom stereocenters. The summed E-state index contributed by atoms with van der Waals surface area (Å²) in [5, 5.41) is 8.08. The second-order valence-electron chi connectivity index (χ2n) is 7.06. The molecule has 5 nitrogen and oxygen atoms in total. The van der Waals surface area contributed by atoms with E-state index >= 15 is 0 Å². The van der Waals surface area contributed by atoms with Crippen molar-refractivity contribution in [2.24, 2.45) is 0 Å². The van der Waals surface area contributed by atoms with Gasteiger partial charge < -0.3 is 4.90 Å². The molecule has 1 amide bonds. The second-order valence-corrected chi connectivity index (χ2v) is 7.06. The van der Waals surface area contributed by atoms with E-state index in [0.717, 1.165) is 44.5 Å². The molecule has 0 spiro atoms. The van der Waals surface area contributed by atoms with Gasteiger partial charge in [-0.05, 0) is 51.2 Å². The summed E-state index contributed by atoms with van der Waals surface area (Å²) in [7, 11) is 0. The molecule has 0 bridgehead atoms. The Bertz CT molecular complexity index is 782. The van der Waals surface area contributed by atoms with Crippen molar-refractivity contribution in [1.29, 1.82) is 0 Å². The number of amides is 1. The Morgan fingerprint density at radius 3 is 3.04 bits per heavy atom. The Morgan fingerprint density at radius 2 is 2.20 bits per heavy atom. The van der Waals surface area contributed by atoms with Gasteiger partial charge in [0.15, 0.2) is 0 Å². The van der Waals surface area contributed by atoms with Crippen molar-refractivity contribution in [3.63, 3.8) is 0 Å². The molecule has 4 rings (SSSR count). The summed E-state index contributed by atoms with van der Waals surface area (Å²) in [6.07, 6.45) is 6.23. The fourth-order valence-electron chi connectivity index (χ4n) is 4.24. The number of nitrogens with zero attached hydrogens (tertiary/aromatic N) is 3. The lowest BCUT2D eigenvalue weighted by Crippen LogP contribution is -2.46. The topological polar surface area (TPSA) is 50.2 Å². The fourth-order valence-corrected chi connectivity index (χ4v) is 4.24. The smallest absolute Gasteiger partial charge is 0.243 e. The average molecular weight is 338 g/mol. The predicted octanol–water partition coefficient (Wildman–Crippen LogP) is 2.85. The Kier molecular flexibility index (Phi) is 4.34. The molecule has 2 aliphatic rings. The van der Waals surface area contributed by atoms with Crippen molar-refractivity contribution < 1.29 is 4.79 Å². The Hall–Kier alpha value is -2.14. The Morgan fingerprint density at radius 1 is 1.36 bits per heavy atom. The average Bonchev–Trinajstić information content (AvgIpc) is 3.25. The van der Waals surface area contributed by atoms with Gasteiger partial charge in [0.1, 0.15) is 0 Å². The van der Waals surface area contributed by atoms with Crippen LogP contribution >= 0.6 is 0 Å². The number of rotatable bonds is 4. The number of aromatic nitrogens is 2. The number of fused-ring (bicyclic) bond motifs is 2. The molecule has 0 radical (unpaired) electrons. The molecule has 25 heavy (non-hydrogen) atoms. The molecule has 0 saturated heterocycles. The lowest BCUT2D eigenvalue weighted by molar-refractivity contribution is -0.120. The van der Waals surface area contributed by atoms with Crippen molar-refractivity contribution in [2.75, 3.05) is 11.4 Å². The van der Waals surface area contributed by atoms with Crippen LogP contribution in [0.25, 0.3) is 0 Å². The number of benzene rings is 1. The highest BCUT2D eigenvalue weighted by atomic mass is 16.2. The van der Waals surface area contributed by atoms with Crippen molar-refractivity contribution in [2.45, 2.75) is 58.2 Å². The molecule has 2 aromatic rings. The van der Waals surface area contributed by atoms with Gasteiger partial charge in [-0.2, -0.15) is 5.10 Å². The highest BCUT2D eigenvalue weighted by Crippen LogP contribution is 2.31. The van der Waals surface area contributed by atoms with Gasteiger partial charge in [0.2, 0.25) is 5.91 Å². The number of para-hydroxylation sites is 1. The molecule has 5 heteroatoms. The third-order valence-electron chi connectivity index (χ3n) is 5.54. The van der Waals surface area contributed by atoms with Gasteiger partial charge in [0.25, 0.3) is 0 Å². The van der Waals surface area contributed by atoms with Crippen LogP contribution in [0.4, 0.5) is 5.69 Å². The SMILES string of the molecule is CCn1ncc2c1CCCC2NC(C)C(=O)N1CCc2ccccc21. The zero-order chi connectivity index (χ0) is 17.4. The largest absolute Gasteiger partial charge is 0.310 e. The lowest BCUT2D eigenvalue weighted by Gasteiger charge is -2.29. The molecule has 0 fully saturated rings. The minimum absolute atomic E-state index is 0.167. The number of hydrogen-bond donors (Lipinski definition) is 1. The van der Waals surface area contributed by atoms with E-state index in [9.17, 15) is 4.79 Å². The van der Waals surface area contributed by atoms with Crippen LogP contribution in [-0.2, 0) is 24.2 Å². The van der Waals surface area contributed by atoms with Crippen LogP contribution in [0.3, 0.4) is 0 Å². The van der Waals surface area contributed by atoms with Crippen LogP contribution in [0.5, 0.6) is 0 Å². The van der Waals surface area contributed by atoms with E-state index in [-0.39, 0.29) is 18.0 Å². The third-order valence-corrected chi connectivity index (χ3v) is 5.54. The van der Waals surface area contributed by atoms with Crippen LogP contribution in [0.15, 0.2) is 30.5 Å². The van der Waals surface area contributed by atoms with Crippen LogP contribution < -0.4 is 10.2 Å². The minimum Gasteiger partial charge on any atom is -0.310 e. The summed E-state index contributed by atoms with van der Waals surface area (Å²) in [6, 6.07) is 8.25. The Labute approximate surface area is 149 Å². The van der Waals surface area contributed by atoms with Crippen molar-refractivity contribution in [3.8, 4) is 0 Å². The van der Waals surface area contributed by atoms with Gasteiger partial charge in [-0.3, -0.25) is 14.8 Å². The van der Waals surface area contributed by atoms with Crippen LogP contribution in [-0.4, -0.2) is 28.3 Å². The molecule has 1 N–H and O–H groups in total. The predicted molar refractivity (Wildman–Crippen MR) is 98.7 cm³/mol. The highest BCUT2D eigenvalue weighted by Gasteiger charge is 2.31. The summed E-state index contributed by atoms with van der Waals surface area (Å²) in [5.74, 6) is 0.167. The highest BCUT2D eigenvalue weighted by molar-refractivity contribution is 5.98. The summed E-state index contributed by atoms with van der Waals surface area (Å²) in [6.45, 7) is 5.80. The van der Waals surface area contributed by atoms with Gasteiger partial charge in [-0.1, -0.05) is 18.2 Å². The summed E-state index contributed by atoms with van der Waals surface area (Å²) in [4.78, 5) is 14.9. The number of nitrogens with one attached hydrogen (secondary N) is 1. The maximum absolute atomic E-state index is 13.0. The summed E-state index contributed by atoms with van der Waals surface area (Å²) in [5.41, 5.74) is 4.95. The monoisotopic (exact) mass is 338 g/mol. The normalized spacial score (nSPS) is 20.2. The first-order valence-corrected chi connectivity index (χ1v) is 9.39. The molecule has 1 aliphatic heterocycles. The van der Waals surface area contributed by atoms with E-state index in [2.05, 4.69) is 34.2 Å². The first-order valence-electron chi connectivity index (χ1n) is 9.39. The molecular weight excluding hydrogens is 312 g/mol. The van der Waals surface area contributed by atoms with Crippen molar-refractivity contribution >= 4 is 11.6 Å². The first-order chi connectivity index (χ1) is 12.2. The molecular formula is C20H26N4O. The zero-order valence-electron chi connectivity index (χ0n) is 15.0. The van der Waals surface area contributed by atoms with Crippen molar-refractivity contribution in [1.82, 2.24) is 15.1 Å². The van der Waals surface area contributed by atoms with E-state index in [1.54, 1.807) is 0 Å². The van der Waals surface area contributed by atoms with E-state index < -0.39 is 0 Å². The standard InChI is InChI=1S/C20H26N4O/c1-3-24-19-10-6-8-17(16(19)13-21-24)22-14(2)20(25)23-12-11-15-7-4-5-9-18(15)23/h4-5,7,9,13-14,17,22H,3,6,8,10-12H2,1-2H3. The van der Waals surface area contributed by atoms with E-state index in [0.29, 0.717) is 0 Å². The number of aryl methyl sites for hydroxylation is 1. The molecule has 1 aliphatic carbocycles. The maximum Gasteiger partial charge on any atom is 0.243 e. The van der Waals surface area contributed by atoms with E-state index in [1.165, 1.54) is 16.8 Å². The van der Waals surface area contributed by atoms with Gasteiger partial charge in [-0.25, -0.2) is 0 Å². The third kappa shape index (κ3) is 2.86. The number of anilines is 1.